The Hall–Kier alpha value is -1.31. The van der Waals surface area contributed by atoms with Crippen molar-refractivity contribution >= 4 is 35.8 Å². The summed E-state index contributed by atoms with van der Waals surface area (Å²) < 4.78 is 0. The van der Waals surface area contributed by atoms with Gasteiger partial charge in [-0.2, -0.15) is 0 Å². The normalized spacial score (nSPS) is 22.7. The van der Waals surface area contributed by atoms with Crippen molar-refractivity contribution in [1.82, 2.24) is 15.5 Å². The van der Waals surface area contributed by atoms with Crippen molar-refractivity contribution in [1.29, 1.82) is 0 Å². The van der Waals surface area contributed by atoms with Crippen LogP contribution < -0.4 is 10.6 Å². The van der Waals surface area contributed by atoms with Crippen molar-refractivity contribution < 1.29 is 4.79 Å². The van der Waals surface area contributed by atoms with Gasteiger partial charge < -0.3 is 15.5 Å². The largest absolute Gasteiger partial charge is 0.357 e. The van der Waals surface area contributed by atoms with E-state index < -0.39 is 0 Å². The summed E-state index contributed by atoms with van der Waals surface area (Å²) in [5, 5.41) is 6.98. The zero-order valence-corrected chi connectivity index (χ0v) is 19.6. The highest BCUT2D eigenvalue weighted by Crippen LogP contribution is 2.23. The Morgan fingerprint density at radius 1 is 1.14 bits per heavy atom. The molecule has 1 aliphatic heterocycles. The summed E-state index contributed by atoms with van der Waals surface area (Å²) in [6, 6.07) is 9.05. The molecule has 0 unspecified atom stereocenters. The number of nitrogens with one attached hydrogen (secondary N) is 2. The Balaban J connectivity index is 0.00000280. The zero-order chi connectivity index (χ0) is 19.1. The van der Waals surface area contributed by atoms with Crippen LogP contribution in [0.2, 0.25) is 0 Å². The molecule has 0 atom stereocenters. The van der Waals surface area contributed by atoms with Gasteiger partial charge in [0, 0.05) is 32.1 Å². The van der Waals surface area contributed by atoms with Gasteiger partial charge in [0.15, 0.2) is 5.96 Å². The van der Waals surface area contributed by atoms with Crippen LogP contribution in [0, 0.1) is 5.92 Å². The number of carbonyl (C=O) groups is 1. The van der Waals surface area contributed by atoms with E-state index in [-0.39, 0.29) is 29.9 Å². The average Bonchev–Trinajstić information content (AvgIpc) is 3.07. The maximum absolute atomic E-state index is 11.8. The summed E-state index contributed by atoms with van der Waals surface area (Å²) >= 11 is 0. The van der Waals surface area contributed by atoms with Crippen molar-refractivity contribution in [3.63, 3.8) is 0 Å². The molecule has 1 heterocycles. The molecule has 1 aromatic carbocycles. The number of carbonyl (C=O) groups excluding carboxylic acids is 1. The molecule has 1 saturated carbocycles. The molecule has 1 amide bonds. The zero-order valence-electron chi connectivity index (χ0n) is 17.2. The van der Waals surface area contributed by atoms with Crippen LogP contribution >= 0.6 is 24.0 Å². The van der Waals surface area contributed by atoms with Crippen molar-refractivity contribution in [2.75, 3.05) is 13.1 Å². The molecule has 156 valence electrons. The maximum atomic E-state index is 11.8. The molecular weight excluding hydrogens is 463 g/mol. The minimum Gasteiger partial charge on any atom is -0.357 e. The molecule has 2 fully saturated rings. The van der Waals surface area contributed by atoms with E-state index in [2.05, 4.69) is 48.7 Å². The number of aliphatic imine (C=N–C) groups is 1. The number of likely N-dealkylation sites (tertiary alicyclic amines) is 1. The summed E-state index contributed by atoms with van der Waals surface area (Å²) in [6.07, 6.45) is 6.76. The van der Waals surface area contributed by atoms with E-state index in [1.807, 2.05) is 4.90 Å². The molecule has 0 spiro atoms. The van der Waals surface area contributed by atoms with Crippen molar-refractivity contribution in [3.8, 4) is 0 Å². The minimum absolute atomic E-state index is 0. The lowest BCUT2D eigenvalue weighted by molar-refractivity contribution is -0.128. The number of benzene rings is 1. The first-order chi connectivity index (χ1) is 13.1. The van der Waals surface area contributed by atoms with Crippen LogP contribution in [0.25, 0.3) is 0 Å². The highest BCUT2D eigenvalue weighted by atomic mass is 127. The number of nitrogens with zero attached hydrogens (tertiary/aromatic N) is 2. The first-order valence-electron chi connectivity index (χ1n) is 10.5. The Morgan fingerprint density at radius 3 is 2.43 bits per heavy atom. The van der Waals surface area contributed by atoms with E-state index in [1.54, 1.807) is 0 Å². The maximum Gasteiger partial charge on any atom is 0.222 e. The third-order valence-electron chi connectivity index (χ3n) is 5.69. The van der Waals surface area contributed by atoms with E-state index in [0.717, 1.165) is 37.9 Å². The number of halogens is 1. The third-order valence-corrected chi connectivity index (χ3v) is 5.69. The Kier molecular flexibility index (Phi) is 9.55. The summed E-state index contributed by atoms with van der Waals surface area (Å²) in [4.78, 5) is 18.5. The van der Waals surface area contributed by atoms with E-state index in [9.17, 15) is 4.79 Å². The highest BCUT2D eigenvalue weighted by molar-refractivity contribution is 14.0. The SMILES string of the molecule is CCNC(=NCc1ccc(CN2CCCC2=O)cc1)NC1CCC(C)CC1.I. The molecule has 1 aliphatic carbocycles. The predicted molar refractivity (Wildman–Crippen MR) is 126 cm³/mol. The molecule has 1 aromatic rings. The smallest absolute Gasteiger partial charge is 0.222 e. The fourth-order valence-electron chi connectivity index (χ4n) is 3.93. The van der Waals surface area contributed by atoms with Gasteiger partial charge in [-0.05, 0) is 56.1 Å². The lowest BCUT2D eigenvalue weighted by Gasteiger charge is -2.28. The van der Waals surface area contributed by atoms with Gasteiger partial charge >= 0.3 is 0 Å². The van der Waals surface area contributed by atoms with Crippen LogP contribution in [-0.4, -0.2) is 35.9 Å². The number of rotatable bonds is 6. The van der Waals surface area contributed by atoms with Gasteiger partial charge in [0.05, 0.1) is 6.54 Å². The van der Waals surface area contributed by atoms with Crippen LogP contribution in [0.4, 0.5) is 0 Å². The first-order valence-corrected chi connectivity index (χ1v) is 10.5. The summed E-state index contributed by atoms with van der Waals surface area (Å²) in [5.74, 6) is 2.06. The summed E-state index contributed by atoms with van der Waals surface area (Å²) in [6.45, 7) is 7.61. The van der Waals surface area contributed by atoms with Gasteiger partial charge in [0.25, 0.3) is 0 Å². The molecule has 0 aromatic heterocycles. The second-order valence-electron chi connectivity index (χ2n) is 8.03. The molecular formula is C22H35IN4O. The summed E-state index contributed by atoms with van der Waals surface area (Å²) in [5.41, 5.74) is 2.39. The van der Waals surface area contributed by atoms with Gasteiger partial charge in [-0.25, -0.2) is 4.99 Å². The molecule has 2 aliphatic rings. The van der Waals surface area contributed by atoms with Crippen molar-refractivity contribution in [2.24, 2.45) is 10.9 Å². The lowest BCUT2D eigenvalue weighted by Crippen LogP contribution is -2.44. The van der Waals surface area contributed by atoms with E-state index in [0.29, 0.717) is 19.0 Å². The van der Waals surface area contributed by atoms with Crippen molar-refractivity contribution in [3.05, 3.63) is 35.4 Å². The third kappa shape index (κ3) is 6.94. The van der Waals surface area contributed by atoms with E-state index in [1.165, 1.54) is 36.8 Å². The molecule has 28 heavy (non-hydrogen) atoms. The quantitative estimate of drug-likeness (QED) is 0.354. The minimum atomic E-state index is 0. The van der Waals surface area contributed by atoms with E-state index in [4.69, 9.17) is 4.99 Å². The number of amides is 1. The molecule has 2 N–H and O–H groups in total. The van der Waals surface area contributed by atoms with Gasteiger partial charge in [0.1, 0.15) is 0 Å². The Bertz CT molecular complexity index is 638. The van der Waals surface area contributed by atoms with Crippen LogP contribution in [0.15, 0.2) is 29.3 Å². The second-order valence-corrected chi connectivity index (χ2v) is 8.03. The fraction of sp³-hybridized carbons (Fsp3) is 0.636. The van der Waals surface area contributed by atoms with Gasteiger partial charge in [-0.1, -0.05) is 31.2 Å². The monoisotopic (exact) mass is 498 g/mol. The first kappa shape index (κ1) is 23.0. The molecule has 6 heteroatoms. The number of guanidine groups is 1. The molecule has 5 nitrogen and oxygen atoms in total. The Labute approximate surface area is 186 Å². The fourth-order valence-corrected chi connectivity index (χ4v) is 3.93. The predicted octanol–water partition coefficient (Wildman–Crippen LogP) is 4.06. The van der Waals surface area contributed by atoms with Gasteiger partial charge in [0.2, 0.25) is 5.91 Å². The van der Waals surface area contributed by atoms with Crippen molar-refractivity contribution in [2.45, 2.75) is 71.5 Å². The summed E-state index contributed by atoms with van der Waals surface area (Å²) in [7, 11) is 0. The molecule has 0 bridgehead atoms. The van der Waals surface area contributed by atoms with Crippen LogP contribution in [0.3, 0.4) is 0 Å². The number of hydrogen-bond acceptors (Lipinski definition) is 2. The highest BCUT2D eigenvalue weighted by Gasteiger charge is 2.20. The second kappa shape index (κ2) is 11.6. The van der Waals surface area contributed by atoms with E-state index >= 15 is 0 Å². The molecule has 1 saturated heterocycles. The Morgan fingerprint density at radius 2 is 1.82 bits per heavy atom. The topological polar surface area (TPSA) is 56.7 Å². The molecule has 0 radical (unpaired) electrons. The lowest BCUT2D eigenvalue weighted by atomic mass is 9.87. The standard InChI is InChI=1S/C22H34N4O.HI/c1-3-23-22(25-20-12-6-17(2)7-13-20)24-15-18-8-10-19(11-9-18)16-26-14-4-5-21(26)27;/h8-11,17,20H,3-7,12-16H2,1-2H3,(H2,23,24,25);1H. The van der Waals surface area contributed by atoms with Gasteiger partial charge in [-0.15, -0.1) is 24.0 Å². The molecule has 3 rings (SSSR count). The number of hydrogen-bond donors (Lipinski definition) is 2. The van der Waals surface area contributed by atoms with Crippen LogP contribution in [-0.2, 0) is 17.9 Å². The average molecular weight is 498 g/mol. The van der Waals surface area contributed by atoms with Gasteiger partial charge in [-0.3, -0.25) is 4.79 Å². The van der Waals surface area contributed by atoms with Crippen LogP contribution in [0.1, 0.15) is 63.5 Å². The van der Waals surface area contributed by atoms with Crippen LogP contribution in [0.5, 0.6) is 0 Å².